The summed E-state index contributed by atoms with van der Waals surface area (Å²) in [6.07, 6.45) is -2.29. The largest absolute Gasteiger partial charge is 0.465 e. The normalized spacial score (nSPS) is 14.1. The molecule has 0 radical (unpaired) electrons. The summed E-state index contributed by atoms with van der Waals surface area (Å²) in [6.45, 7) is 0. The Bertz CT molecular complexity index is 410. The molecular weight excluding hydrogens is 246 g/mol. The van der Waals surface area contributed by atoms with E-state index in [0.29, 0.717) is 5.56 Å². The van der Waals surface area contributed by atoms with Crippen LogP contribution < -0.4 is 5.73 Å². The Morgan fingerprint density at radius 3 is 2.65 bits per heavy atom. The molecule has 0 fully saturated rings. The summed E-state index contributed by atoms with van der Waals surface area (Å²) < 4.78 is 4.53. The molecule has 0 aliphatic rings. The molecule has 17 heavy (non-hydrogen) atoms. The van der Waals surface area contributed by atoms with E-state index in [1.165, 1.54) is 25.3 Å². The molecule has 94 valence electrons. The van der Waals surface area contributed by atoms with Crippen LogP contribution in [-0.2, 0) is 4.74 Å². The van der Waals surface area contributed by atoms with Gasteiger partial charge in [-0.1, -0.05) is 6.07 Å². The van der Waals surface area contributed by atoms with Gasteiger partial charge in [0.05, 0.1) is 24.7 Å². The second-order valence-corrected chi connectivity index (χ2v) is 3.81. The number of rotatable bonds is 4. The Morgan fingerprint density at radius 1 is 1.53 bits per heavy atom. The van der Waals surface area contributed by atoms with Crippen LogP contribution in [0.5, 0.6) is 0 Å². The number of hydrogen-bond donors (Lipinski definition) is 3. The number of nitrogen functional groups attached to an aromatic ring is 1. The number of esters is 1. The van der Waals surface area contributed by atoms with Crippen molar-refractivity contribution in [3.8, 4) is 0 Å². The van der Waals surface area contributed by atoms with Crippen molar-refractivity contribution in [3.05, 3.63) is 29.3 Å². The minimum atomic E-state index is -1.18. The number of aliphatic hydroxyl groups excluding tert-OH is 2. The van der Waals surface area contributed by atoms with Gasteiger partial charge < -0.3 is 20.7 Å². The number of alkyl halides is 1. The highest BCUT2D eigenvalue weighted by Crippen LogP contribution is 2.25. The molecule has 0 bridgehead atoms. The molecular formula is C11H14ClNO4. The van der Waals surface area contributed by atoms with Gasteiger partial charge in [-0.15, -0.1) is 11.6 Å². The van der Waals surface area contributed by atoms with Gasteiger partial charge in [-0.05, 0) is 12.1 Å². The van der Waals surface area contributed by atoms with Gasteiger partial charge in [0.2, 0.25) is 0 Å². The zero-order valence-corrected chi connectivity index (χ0v) is 10.0. The first-order valence-corrected chi connectivity index (χ1v) is 5.44. The molecule has 0 spiro atoms. The lowest BCUT2D eigenvalue weighted by atomic mass is 10.0. The van der Waals surface area contributed by atoms with Crippen molar-refractivity contribution in [2.75, 3.05) is 18.7 Å². The Balaban J connectivity index is 3.01. The van der Waals surface area contributed by atoms with Crippen molar-refractivity contribution < 1.29 is 19.7 Å². The maximum Gasteiger partial charge on any atom is 0.337 e. The molecule has 2 atom stereocenters. The number of methoxy groups -OCH3 is 1. The van der Waals surface area contributed by atoms with Crippen molar-refractivity contribution in [2.45, 2.75) is 12.2 Å². The lowest BCUT2D eigenvalue weighted by molar-refractivity contribution is 0.0331. The third-order valence-electron chi connectivity index (χ3n) is 2.35. The Hall–Kier alpha value is -1.30. The second-order valence-electron chi connectivity index (χ2n) is 3.50. The van der Waals surface area contributed by atoms with E-state index in [4.69, 9.17) is 17.3 Å². The van der Waals surface area contributed by atoms with Gasteiger partial charge in [-0.2, -0.15) is 0 Å². The molecule has 0 heterocycles. The van der Waals surface area contributed by atoms with Crippen LogP contribution in [0.25, 0.3) is 0 Å². The van der Waals surface area contributed by atoms with E-state index in [1.54, 1.807) is 0 Å². The number of nitrogens with two attached hydrogens (primary N) is 1. The van der Waals surface area contributed by atoms with Crippen molar-refractivity contribution in [1.29, 1.82) is 0 Å². The van der Waals surface area contributed by atoms with E-state index >= 15 is 0 Å². The molecule has 1 rings (SSSR count). The summed E-state index contributed by atoms with van der Waals surface area (Å²) in [7, 11) is 1.26. The SMILES string of the molecule is COC(=O)c1ccc(C(O)C(O)CCl)c(N)c1. The van der Waals surface area contributed by atoms with Crippen LogP contribution in [0.15, 0.2) is 18.2 Å². The van der Waals surface area contributed by atoms with E-state index < -0.39 is 18.2 Å². The van der Waals surface area contributed by atoms with Crippen LogP contribution >= 0.6 is 11.6 Å². The zero-order valence-electron chi connectivity index (χ0n) is 9.26. The van der Waals surface area contributed by atoms with Crippen molar-refractivity contribution in [1.82, 2.24) is 0 Å². The molecule has 4 N–H and O–H groups in total. The molecule has 2 unspecified atom stereocenters. The molecule has 1 aromatic carbocycles. The van der Waals surface area contributed by atoms with E-state index in [2.05, 4.69) is 4.74 Å². The van der Waals surface area contributed by atoms with Crippen LogP contribution in [0.3, 0.4) is 0 Å². The quantitative estimate of drug-likeness (QED) is 0.420. The van der Waals surface area contributed by atoms with E-state index in [0.717, 1.165) is 0 Å². The summed E-state index contributed by atoms with van der Waals surface area (Å²) in [5, 5.41) is 19.1. The molecule has 0 aromatic heterocycles. The first-order valence-electron chi connectivity index (χ1n) is 4.91. The number of anilines is 1. The minimum Gasteiger partial charge on any atom is -0.465 e. The van der Waals surface area contributed by atoms with Crippen LogP contribution in [-0.4, -0.2) is 35.3 Å². The van der Waals surface area contributed by atoms with Gasteiger partial charge in [0.25, 0.3) is 0 Å². The zero-order chi connectivity index (χ0) is 13.0. The van der Waals surface area contributed by atoms with Gasteiger partial charge in [0.1, 0.15) is 6.10 Å². The Kier molecular flexibility index (Phi) is 4.74. The average Bonchev–Trinajstić information content (AvgIpc) is 2.35. The number of carbonyl (C=O) groups excluding carboxylic acids is 1. The molecule has 1 aromatic rings. The van der Waals surface area contributed by atoms with Crippen molar-refractivity contribution in [2.24, 2.45) is 0 Å². The third-order valence-corrected chi connectivity index (χ3v) is 2.67. The first-order chi connectivity index (χ1) is 8.01. The Morgan fingerprint density at radius 2 is 2.18 bits per heavy atom. The minimum absolute atomic E-state index is 0.112. The van der Waals surface area contributed by atoms with Crippen LogP contribution in [0.2, 0.25) is 0 Å². The van der Waals surface area contributed by atoms with Gasteiger partial charge >= 0.3 is 5.97 Å². The molecule has 0 amide bonds. The molecule has 6 heteroatoms. The van der Waals surface area contributed by atoms with E-state index in [1.807, 2.05) is 0 Å². The first kappa shape index (κ1) is 13.8. The van der Waals surface area contributed by atoms with Gasteiger partial charge in [0.15, 0.2) is 0 Å². The third kappa shape index (κ3) is 3.09. The summed E-state index contributed by atoms with van der Waals surface area (Å²) >= 11 is 5.43. The number of carbonyl (C=O) groups is 1. The summed E-state index contributed by atoms with van der Waals surface area (Å²) in [5.74, 6) is -0.630. The monoisotopic (exact) mass is 259 g/mol. The predicted molar refractivity (Wildman–Crippen MR) is 63.9 cm³/mol. The smallest absolute Gasteiger partial charge is 0.337 e. The fourth-order valence-electron chi connectivity index (χ4n) is 1.38. The van der Waals surface area contributed by atoms with Crippen LogP contribution in [0, 0.1) is 0 Å². The number of ether oxygens (including phenoxy) is 1. The fourth-order valence-corrected chi connectivity index (χ4v) is 1.55. The molecule has 0 aliphatic carbocycles. The molecule has 0 saturated heterocycles. The Labute approximate surface area is 104 Å². The van der Waals surface area contributed by atoms with Gasteiger partial charge in [0, 0.05) is 11.3 Å². The maximum atomic E-state index is 11.2. The fraction of sp³-hybridized carbons (Fsp3) is 0.364. The van der Waals surface area contributed by atoms with E-state index in [-0.39, 0.29) is 17.1 Å². The van der Waals surface area contributed by atoms with Crippen LogP contribution in [0.4, 0.5) is 5.69 Å². The number of aliphatic hydroxyl groups is 2. The summed E-state index contributed by atoms with van der Waals surface area (Å²) in [4.78, 5) is 11.2. The highest BCUT2D eigenvalue weighted by Gasteiger charge is 2.20. The lowest BCUT2D eigenvalue weighted by Gasteiger charge is -2.17. The molecule has 0 saturated carbocycles. The topological polar surface area (TPSA) is 92.8 Å². The van der Waals surface area contributed by atoms with Crippen molar-refractivity contribution >= 4 is 23.3 Å². The van der Waals surface area contributed by atoms with Gasteiger partial charge in [-0.3, -0.25) is 0 Å². The highest BCUT2D eigenvalue weighted by molar-refractivity contribution is 6.18. The summed E-state index contributed by atoms with van der Waals surface area (Å²) in [6, 6.07) is 4.30. The van der Waals surface area contributed by atoms with Gasteiger partial charge in [-0.25, -0.2) is 4.79 Å². The highest BCUT2D eigenvalue weighted by atomic mass is 35.5. The van der Waals surface area contributed by atoms with Crippen LogP contribution in [0.1, 0.15) is 22.0 Å². The van der Waals surface area contributed by atoms with Crippen molar-refractivity contribution in [3.63, 3.8) is 0 Å². The number of halogens is 1. The van der Waals surface area contributed by atoms with E-state index in [9.17, 15) is 15.0 Å². The number of hydrogen-bond acceptors (Lipinski definition) is 5. The molecule has 0 aliphatic heterocycles. The summed E-state index contributed by atoms with van der Waals surface area (Å²) in [5.41, 5.74) is 6.49. The number of benzene rings is 1. The standard InChI is InChI=1S/C11H14ClNO4/c1-17-11(16)6-2-3-7(8(13)4-6)10(15)9(14)5-12/h2-4,9-10,14-15H,5,13H2,1H3. The average molecular weight is 260 g/mol. The maximum absolute atomic E-state index is 11.2. The predicted octanol–water partition coefficient (Wildman–Crippen LogP) is 0.689. The second kappa shape index (κ2) is 5.86. The lowest BCUT2D eigenvalue weighted by Crippen LogP contribution is -2.21. The molecule has 5 nitrogen and oxygen atoms in total.